The molecule has 136 valence electrons. The maximum Gasteiger partial charge on any atom is 0.339 e. The van der Waals surface area contributed by atoms with Gasteiger partial charge in [0.1, 0.15) is 0 Å². The Labute approximate surface area is 157 Å². The van der Waals surface area contributed by atoms with Gasteiger partial charge in [-0.3, -0.25) is 0 Å². The van der Waals surface area contributed by atoms with E-state index in [2.05, 4.69) is 10.6 Å². The van der Waals surface area contributed by atoms with Gasteiger partial charge in [-0.15, -0.1) is 0 Å². The Morgan fingerprint density at radius 2 is 1.58 bits per heavy atom. The van der Waals surface area contributed by atoms with Gasteiger partial charge >= 0.3 is 11.9 Å². The Bertz CT molecular complexity index is 865. The van der Waals surface area contributed by atoms with Gasteiger partial charge in [-0.05, 0) is 61.5 Å². The molecule has 0 aliphatic heterocycles. The number of esters is 2. The van der Waals surface area contributed by atoms with E-state index in [4.69, 9.17) is 21.7 Å². The average Bonchev–Trinajstić information content (AvgIpc) is 2.64. The van der Waals surface area contributed by atoms with E-state index in [1.54, 1.807) is 0 Å². The van der Waals surface area contributed by atoms with Crippen LogP contribution in [0.1, 0.15) is 31.8 Å². The van der Waals surface area contributed by atoms with Crippen molar-refractivity contribution in [3.05, 3.63) is 58.7 Å². The van der Waals surface area contributed by atoms with Crippen LogP contribution in [0.2, 0.25) is 0 Å². The average molecular weight is 372 g/mol. The number of carbonyl (C=O) groups is 2. The number of anilines is 2. The van der Waals surface area contributed by atoms with Crippen LogP contribution in [-0.2, 0) is 9.47 Å². The quantitative estimate of drug-likeness (QED) is 0.626. The standard InChI is InChI=1S/C19H20N2O4S/c1-11-6-5-7-15(12(11)2)20-19(26)21-16-10-13(17(22)24-3)8-9-14(16)18(23)25-4/h5-10H,1-4H3,(H2,20,21,26). The molecule has 0 aliphatic rings. The smallest absolute Gasteiger partial charge is 0.339 e. The first-order chi connectivity index (χ1) is 12.4. The second kappa shape index (κ2) is 8.44. The minimum atomic E-state index is -0.543. The minimum absolute atomic E-state index is 0.255. The Balaban J connectivity index is 2.30. The molecular weight excluding hydrogens is 352 g/mol. The number of methoxy groups -OCH3 is 2. The first-order valence-electron chi connectivity index (χ1n) is 7.82. The van der Waals surface area contributed by atoms with Gasteiger partial charge in [-0.1, -0.05) is 12.1 Å². The van der Waals surface area contributed by atoms with Crippen molar-refractivity contribution >= 4 is 40.6 Å². The van der Waals surface area contributed by atoms with Crippen LogP contribution in [0, 0.1) is 13.8 Å². The summed E-state index contributed by atoms with van der Waals surface area (Å²) in [5.41, 5.74) is 3.94. The molecule has 0 amide bonds. The fourth-order valence-corrected chi connectivity index (χ4v) is 2.56. The van der Waals surface area contributed by atoms with Crippen LogP contribution in [0.15, 0.2) is 36.4 Å². The molecule has 0 bridgehead atoms. The number of thiocarbonyl (C=S) groups is 1. The lowest BCUT2D eigenvalue weighted by atomic mass is 10.1. The molecule has 0 atom stereocenters. The zero-order chi connectivity index (χ0) is 19.3. The van der Waals surface area contributed by atoms with E-state index in [-0.39, 0.29) is 16.2 Å². The van der Waals surface area contributed by atoms with Crippen molar-refractivity contribution in [1.29, 1.82) is 0 Å². The second-order valence-electron chi connectivity index (χ2n) is 5.57. The summed E-state index contributed by atoms with van der Waals surface area (Å²) in [6, 6.07) is 10.3. The summed E-state index contributed by atoms with van der Waals surface area (Å²) in [6.45, 7) is 3.99. The summed E-state index contributed by atoms with van der Waals surface area (Å²) in [6.07, 6.45) is 0. The van der Waals surface area contributed by atoms with Crippen molar-refractivity contribution in [3.8, 4) is 0 Å². The van der Waals surface area contributed by atoms with Gasteiger partial charge in [-0.25, -0.2) is 9.59 Å². The van der Waals surface area contributed by atoms with E-state index in [1.807, 2.05) is 32.0 Å². The van der Waals surface area contributed by atoms with E-state index >= 15 is 0 Å². The molecule has 0 aromatic heterocycles. The predicted octanol–water partition coefficient (Wildman–Crippen LogP) is 3.69. The van der Waals surface area contributed by atoms with Crippen molar-refractivity contribution in [2.75, 3.05) is 24.9 Å². The van der Waals surface area contributed by atoms with Gasteiger partial charge < -0.3 is 20.1 Å². The summed E-state index contributed by atoms with van der Waals surface area (Å²) < 4.78 is 9.50. The lowest BCUT2D eigenvalue weighted by Gasteiger charge is -2.16. The Morgan fingerprint density at radius 3 is 2.23 bits per heavy atom. The molecule has 2 aromatic carbocycles. The Hall–Kier alpha value is -2.93. The van der Waals surface area contributed by atoms with E-state index in [9.17, 15) is 9.59 Å². The zero-order valence-corrected chi connectivity index (χ0v) is 15.8. The SMILES string of the molecule is COC(=O)c1ccc(C(=O)OC)c(NC(=S)Nc2cccc(C)c2C)c1. The number of hydrogen-bond donors (Lipinski definition) is 2. The number of hydrogen-bond acceptors (Lipinski definition) is 5. The largest absolute Gasteiger partial charge is 0.465 e. The topological polar surface area (TPSA) is 76.7 Å². The molecule has 7 heteroatoms. The van der Waals surface area contributed by atoms with E-state index in [0.29, 0.717) is 5.69 Å². The molecule has 0 radical (unpaired) electrons. The summed E-state index contributed by atoms with van der Waals surface area (Å²) >= 11 is 5.35. The van der Waals surface area contributed by atoms with Crippen molar-refractivity contribution in [1.82, 2.24) is 0 Å². The van der Waals surface area contributed by atoms with Crippen molar-refractivity contribution in [3.63, 3.8) is 0 Å². The van der Waals surface area contributed by atoms with Crippen LogP contribution in [0.3, 0.4) is 0 Å². The summed E-state index contributed by atoms with van der Waals surface area (Å²) in [5, 5.41) is 6.33. The van der Waals surface area contributed by atoms with Gasteiger partial charge in [0.2, 0.25) is 0 Å². The highest BCUT2D eigenvalue weighted by molar-refractivity contribution is 7.80. The van der Waals surface area contributed by atoms with Gasteiger partial charge in [-0.2, -0.15) is 0 Å². The summed E-state index contributed by atoms with van der Waals surface area (Å²) in [5.74, 6) is -1.06. The molecule has 2 N–H and O–H groups in total. The van der Waals surface area contributed by atoms with Crippen LogP contribution < -0.4 is 10.6 Å². The zero-order valence-electron chi connectivity index (χ0n) is 15.0. The highest BCUT2D eigenvalue weighted by Gasteiger charge is 2.16. The number of nitrogens with one attached hydrogen (secondary N) is 2. The van der Waals surface area contributed by atoms with E-state index in [1.165, 1.54) is 32.4 Å². The fourth-order valence-electron chi connectivity index (χ4n) is 2.34. The van der Waals surface area contributed by atoms with Crippen LogP contribution in [-0.4, -0.2) is 31.3 Å². The molecule has 0 spiro atoms. The molecule has 26 heavy (non-hydrogen) atoms. The predicted molar refractivity (Wildman–Crippen MR) is 105 cm³/mol. The molecule has 2 rings (SSSR count). The Morgan fingerprint density at radius 1 is 0.923 bits per heavy atom. The third-order valence-electron chi connectivity index (χ3n) is 3.95. The molecule has 0 fully saturated rings. The third kappa shape index (κ3) is 4.37. The lowest BCUT2D eigenvalue weighted by molar-refractivity contribution is 0.0587. The number of rotatable bonds is 4. The summed E-state index contributed by atoms with van der Waals surface area (Å²) in [4.78, 5) is 23.7. The number of ether oxygens (including phenoxy) is 2. The summed E-state index contributed by atoms with van der Waals surface area (Å²) in [7, 11) is 2.57. The Kier molecular flexibility index (Phi) is 6.30. The maximum absolute atomic E-state index is 12.0. The van der Waals surface area contributed by atoms with Gasteiger partial charge in [0.05, 0.1) is 31.0 Å². The van der Waals surface area contributed by atoms with Crippen LogP contribution in [0.5, 0.6) is 0 Å². The highest BCUT2D eigenvalue weighted by Crippen LogP contribution is 2.22. The minimum Gasteiger partial charge on any atom is -0.465 e. The molecule has 0 saturated heterocycles. The van der Waals surface area contributed by atoms with Crippen molar-refractivity contribution in [2.24, 2.45) is 0 Å². The van der Waals surface area contributed by atoms with E-state index in [0.717, 1.165) is 16.8 Å². The van der Waals surface area contributed by atoms with Gasteiger partial charge in [0, 0.05) is 5.69 Å². The molecule has 2 aromatic rings. The van der Waals surface area contributed by atoms with Crippen LogP contribution >= 0.6 is 12.2 Å². The van der Waals surface area contributed by atoms with Gasteiger partial charge in [0.25, 0.3) is 0 Å². The molecule has 6 nitrogen and oxygen atoms in total. The molecular formula is C19H20N2O4S. The lowest BCUT2D eigenvalue weighted by Crippen LogP contribution is -2.22. The van der Waals surface area contributed by atoms with Crippen molar-refractivity contribution in [2.45, 2.75) is 13.8 Å². The van der Waals surface area contributed by atoms with Crippen molar-refractivity contribution < 1.29 is 19.1 Å². The van der Waals surface area contributed by atoms with Crippen LogP contribution in [0.25, 0.3) is 0 Å². The van der Waals surface area contributed by atoms with E-state index < -0.39 is 11.9 Å². The van der Waals surface area contributed by atoms with Gasteiger partial charge in [0.15, 0.2) is 5.11 Å². The first-order valence-corrected chi connectivity index (χ1v) is 8.23. The number of carbonyl (C=O) groups excluding carboxylic acids is 2. The maximum atomic E-state index is 12.0. The second-order valence-corrected chi connectivity index (χ2v) is 5.98. The molecule has 0 heterocycles. The number of benzene rings is 2. The molecule has 0 unspecified atom stereocenters. The van der Waals surface area contributed by atoms with Crippen LogP contribution in [0.4, 0.5) is 11.4 Å². The molecule has 0 aliphatic carbocycles. The number of aryl methyl sites for hydroxylation is 1. The monoisotopic (exact) mass is 372 g/mol. The normalized spacial score (nSPS) is 10.0. The third-order valence-corrected chi connectivity index (χ3v) is 4.15. The highest BCUT2D eigenvalue weighted by atomic mass is 32.1. The molecule has 0 saturated carbocycles. The first kappa shape index (κ1) is 19.4. The fraction of sp³-hybridized carbons (Fsp3) is 0.211.